The van der Waals surface area contributed by atoms with E-state index in [0.717, 1.165) is 6.08 Å². The molecular formula is C4H10O2Sn. The van der Waals surface area contributed by atoms with Gasteiger partial charge in [-0.25, -0.2) is 4.79 Å². The molecular weight excluding hydrogens is 199 g/mol. The number of carbonyl (C=O) groups excluding carboxylic acids is 1. The molecule has 0 radical (unpaired) electrons. The molecule has 0 aliphatic rings. The Kier molecular flexibility index (Phi) is 8.66. The number of rotatable bonds is 1. The summed E-state index contributed by atoms with van der Waals surface area (Å²) >= 11 is 0. The van der Waals surface area contributed by atoms with Crippen molar-refractivity contribution in [2.24, 2.45) is 0 Å². The van der Waals surface area contributed by atoms with Gasteiger partial charge < -0.3 is 4.74 Å². The summed E-state index contributed by atoms with van der Waals surface area (Å²) in [4.78, 5) is 9.84. The summed E-state index contributed by atoms with van der Waals surface area (Å²) < 4.78 is 4.14. The summed E-state index contributed by atoms with van der Waals surface area (Å²) in [6.07, 6.45) is 1.11. The second kappa shape index (κ2) is 6.01. The third-order valence-corrected chi connectivity index (χ3v) is 0.368. The Hall–Kier alpha value is 0.00870. The Labute approximate surface area is 59.5 Å². The van der Waals surface area contributed by atoms with Crippen LogP contribution in [-0.2, 0) is 9.53 Å². The molecule has 0 aromatic rings. The van der Waals surface area contributed by atoms with Crippen LogP contribution in [0.3, 0.4) is 0 Å². The molecule has 0 amide bonds. The number of ether oxygens (including phenoxy) is 1. The van der Waals surface area contributed by atoms with E-state index in [0.29, 0.717) is 0 Å². The zero-order valence-corrected chi connectivity index (χ0v) is 3.60. The molecule has 0 aromatic heterocycles. The van der Waals surface area contributed by atoms with Crippen molar-refractivity contribution >= 4 is 29.9 Å². The van der Waals surface area contributed by atoms with Gasteiger partial charge in [-0.2, -0.15) is 0 Å². The SMILES string of the molecule is C=CC(=O)OC.[SnH4]. The first-order valence-corrected chi connectivity index (χ1v) is 1.51. The van der Waals surface area contributed by atoms with Crippen LogP contribution in [0.1, 0.15) is 0 Å². The Morgan fingerprint density at radius 1 is 1.86 bits per heavy atom. The van der Waals surface area contributed by atoms with Gasteiger partial charge >= 0.3 is 29.9 Å². The zero-order chi connectivity index (χ0) is 4.99. The molecule has 0 heterocycles. The molecule has 0 bridgehead atoms. The van der Waals surface area contributed by atoms with E-state index in [1.807, 2.05) is 0 Å². The van der Waals surface area contributed by atoms with Gasteiger partial charge in [0.05, 0.1) is 7.11 Å². The van der Waals surface area contributed by atoms with E-state index in [9.17, 15) is 4.79 Å². The van der Waals surface area contributed by atoms with Crippen molar-refractivity contribution in [2.45, 2.75) is 0 Å². The van der Waals surface area contributed by atoms with Crippen LogP contribution in [0.4, 0.5) is 0 Å². The summed E-state index contributed by atoms with van der Waals surface area (Å²) in [6, 6.07) is 0. The number of hydrogen-bond acceptors (Lipinski definition) is 2. The number of hydrogen-bond donors (Lipinski definition) is 0. The Bertz CT molecular complexity index is 70.1. The fourth-order valence-corrected chi connectivity index (χ4v) is 0.0833. The summed E-state index contributed by atoms with van der Waals surface area (Å²) in [5, 5.41) is 0. The molecule has 0 atom stereocenters. The van der Waals surface area contributed by atoms with E-state index in [4.69, 9.17) is 0 Å². The second-order valence-electron chi connectivity index (χ2n) is 0.727. The van der Waals surface area contributed by atoms with Crippen LogP contribution < -0.4 is 0 Å². The molecule has 0 saturated heterocycles. The fourth-order valence-electron chi connectivity index (χ4n) is 0.0833. The van der Waals surface area contributed by atoms with Crippen molar-refractivity contribution in [3.63, 3.8) is 0 Å². The molecule has 42 valence electrons. The molecule has 0 saturated carbocycles. The van der Waals surface area contributed by atoms with Crippen LogP contribution >= 0.6 is 0 Å². The van der Waals surface area contributed by atoms with E-state index in [2.05, 4.69) is 11.3 Å². The number of carbonyl (C=O) groups is 1. The number of esters is 1. The van der Waals surface area contributed by atoms with Gasteiger partial charge in [0.1, 0.15) is 0 Å². The van der Waals surface area contributed by atoms with Gasteiger partial charge in [0.2, 0.25) is 0 Å². The average Bonchev–Trinajstić information content (AvgIpc) is 1.65. The quantitative estimate of drug-likeness (QED) is 0.311. The van der Waals surface area contributed by atoms with Crippen LogP contribution in [-0.4, -0.2) is 37.0 Å². The Balaban J connectivity index is 0. The van der Waals surface area contributed by atoms with E-state index in [1.54, 1.807) is 0 Å². The minimum atomic E-state index is -0.394. The van der Waals surface area contributed by atoms with E-state index < -0.39 is 5.97 Å². The third kappa shape index (κ3) is 6.01. The van der Waals surface area contributed by atoms with Crippen LogP contribution in [0.5, 0.6) is 0 Å². The predicted octanol–water partition coefficient (Wildman–Crippen LogP) is -1.11. The van der Waals surface area contributed by atoms with Gasteiger partial charge in [-0.3, -0.25) is 0 Å². The van der Waals surface area contributed by atoms with Crippen LogP contribution in [0.2, 0.25) is 0 Å². The molecule has 0 spiro atoms. The first kappa shape index (κ1) is 10.1. The summed E-state index contributed by atoms with van der Waals surface area (Å²) in [5.74, 6) is -0.394. The monoisotopic (exact) mass is 210 g/mol. The van der Waals surface area contributed by atoms with Gasteiger partial charge in [-0.15, -0.1) is 0 Å². The maximum atomic E-state index is 9.84. The summed E-state index contributed by atoms with van der Waals surface area (Å²) in [7, 11) is 1.31. The van der Waals surface area contributed by atoms with Crippen LogP contribution in [0.25, 0.3) is 0 Å². The predicted molar refractivity (Wildman–Crippen MR) is 33.5 cm³/mol. The van der Waals surface area contributed by atoms with Crippen LogP contribution in [0, 0.1) is 0 Å². The van der Waals surface area contributed by atoms with Gasteiger partial charge in [0.25, 0.3) is 0 Å². The second-order valence-corrected chi connectivity index (χ2v) is 0.727. The summed E-state index contributed by atoms with van der Waals surface area (Å²) in [6.45, 7) is 3.16. The summed E-state index contributed by atoms with van der Waals surface area (Å²) in [5.41, 5.74) is 0. The zero-order valence-electron chi connectivity index (χ0n) is 3.60. The van der Waals surface area contributed by atoms with Crippen molar-refractivity contribution in [1.82, 2.24) is 0 Å². The van der Waals surface area contributed by atoms with Crippen LogP contribution in [0.15, 0.2) is 12.7 Å². The molecule has 7 heavy (non-hydrogen) atoms. The first-order chi connectivity index (χ1) is 2.81. The molecule has 0 aliphatic heterocycles. The standard InChI is InChI=1S/C4H6O2.Sn.4H/c1-3-4(5)6-2;;;;;/h3H,1H2,2H3;;;;;. The van der Waals surface area contributed by atoms with Gasteiger partial charge in [0.15, 0.2) is 0 Å². The molecule has 2 nitrogen and oxygen atoms in total. The third-order valence-electron chi connectivity index (χ3n) is 0.368. The van der Waals surface area contributed by atoms with Gasteiger partial charge in [0, 0.05) is 6.08 Å². The molecule has 0 aliphatic carbocycles. The maximum absolute atomic E-state index is 9.84. The minimum absolute atomic E-state index is 0. The molecule has 0 rings (SSSR count). The van der Waals surface area contributed by atoms with Crippen molar-refractivity contribution in [1.29, 1.82) is 0 Å². The first-order valence-electron chi connectivity index (χ1n) is 1.51. The van der Waals surface area contributed by atoms with Gasteiger partial charge in [-0.1, -0.05) is 6.58 Å². The topological polar surface area (TPSA) is 26.3 Å². The van der Waals surface area contributed by atoms with E-state index in [-0.39, 0.29) is 23.9 Å². The Morgan fingerprint density at radius 2 is 2.29 bits per heavy atom. The van der Waals surface area contributed by atoms with Crippen molar-refractivity contribution < 1.29 is 9.53 Å². The average molecular weight is 209 g/mol. The van der Waals surface area contributed by atoms with Gasteiger partial charge in [-0.05, 0) is 0 Å². The molecule has 0 aromatic carbocycles. The fraction of sp³-hybridized carbons (Fsp3) is 0.250. The normalized spacial score (nSPS) is 5.86. The van der Waals surface area contributed by atoms with E-state index >= 15 is 0 Å². The van der Waals surface area contributed by atoms with E-state index in [1.165, 1.54) is 7.11 Å². The number of methoxy groups -OCH3 is 1. The molecule has 0 fully saturated rings. The molecule has 0 N–H and O–H groups in total. The van der Waals surface area contributed by atoms with Crippen molar-refractivity contribution in [3.05, 3.63) is 12.7 Å². The Morgan fingerprint density at radius 3 is 2.29 bits per heavy atom. The molecule has 0 unspecified atom stereocenters. The van der Waals surface area contributed by atoms with Crippen molar-refractivity contribution in [3.8, 4) is 0 Å². The van der Waals surface area contributed by atoms with Crippen molar-refractivity contribution in [2.75, 3.05) is 7.11 Å². The molecule has 3 heteroatoms.